The Morgan fingerprint density at radius 3 is 2.41 bits per heavy atom. The summed E-state index contributed by atoms with van der Waals surface area (Å²) >= 11 is 5.73. The van der Waals surface area contributed by atoms with Crippen molar-refractivity contribution in [1.29, 1.82) is 0 Å². The van der Waals surface area contributed by atoms with E-state index < -0.39 is 28.0 Å². The minimum atomic E-state index is -1.17. The van der Waals surface area contributed by atoms with Gasteiger partial charge in [0.05, 0.1) is 10.4 Å². The zero-order chi connectivity index (χ0) is 12.6. The monoisotopic (exact) mass is 260 g/mol. The van der Waals surface area contributed by atoms with Crippen LogP contribution in [0.4, 0.5) is 8.78 Å². The molecule has 0 radical (unpaired) electrons. The maximum Gasteiger partial charge on any atom is 0.314 e. The standard InChI is InChI=1S/C12H11ClF2O2/c13-9-7(3-4-8(14)10(9)15)12(11(16)17)5-1-2-6-12/h3-4H,1-2,5-6H2,(H,16,17). The molecule has 17 heavy (non-hydrogen) atoms. The lowest BCUT2D eigenvalue weighted by atomic mass is 9.79. The van der Waals surface area contributed by atoms with Crippen LogP contribution in [-0.2, 0) is 10.2 Å². The van der Waals surface area contributed by atoms with Crippen molar-refractivity contribution in [1.82, 2.24) is 0 Å². The van der Waals surface area contributed by atoms with Gasteiger partial charge in [0, 0.05) is 0 Å². The van der Waals surface area contributed by atoms with E-state index in [0.29, 0.717) is 12.8 Å². The third-order valence-corrected chi connectivity index (χ3v) is 3.79. The number of rotatable bonds is 2. The van der Waals surface area contributed by atoms with Crippen molar-refractivity contribution in [3.8, 4) is 0 Å². The van der Waals surface area contributed by atoms with Gasteiger partial charge in [0.15, 0.2) is 11.6 Å². The van der Waals surface area contributed by atoms with Gasteiger partial charge in [0.2, 0.25) is 0 Å². The second-order valence-electron chi connectivity index (χ2n) is 4.32. The van der Waals surface area contributed by atoms with E-state index in [4.69, 9.17) is 11.6 Å². The number of aliphatic carboxylic acids is 1. The van der Waals surface area contributed by atoms with E-state index in [-0.39, 0.29) is 5.56 Å². The highest BCUT2D eigenvalue weighted by Crippen LogP contribution is 2.44. The SMILES string of the molecule is O=C(O)C1(c2ccc(F)c(F)c2Cl)CCCC1. The van der Waals surface area contributed by atoms with E-state index >= 15 is 0 Å². The van der Waals surface area contributed by atoms with E-state index in [1.54, 1.807) is 0 Å². The van der Waals surface area contributed by atoms with E-state index in [1.807, 2.05) is 0 Å². The summed E-state index contributed by atoms with van der Waals surface area (Å²) in [4.78, 5) is 11.4. The summed E-state index contributed by atoms with van der Waals surface area (Å²) in [6, 6.07) is 2.21. The molecule has 0 aliphatic heterocycles. The van der Waals surface area contributed by atoms with E-state index in [1.165, 1.54) is 6.07 Å². The van der Waals surface area contributed by atoms with Crippen LogP contribution in [0.1, 0.15) is 31.2 Å². The highest BCUT2D eigenvalue weighted by Gasteiger charge is 2.44. The van der Waals surface area contributed by atoms with Crippen LogP contribution in [0.25, 0.3) is 0 Å². The summed E-state index contributed by atoms with van der Waals surface area (Å²) in [7, 11) is 0. The third kappa shape index (κ3) is 1.80. The highest BCUT2D eigenvalue weighted by atomic mass is 35.5. The van der Waals surface area contributed by atoms with Gasteiger partial charge in [0.1, 0.15) is 0 Å². The van der Waals surface area contributed by atoms with Crippen molar-refractivity contribution in [2.24, 2.45) is 0 Å². The number of halogens is 3. The van der Waals surface area contributed by atoms with Gasteiger partial charge in [-0.1, -0.05) is 30.5 Å². The summed E-state index contributed by atoms with van der Waals surface area (Å²) in [6.07, 6.45) is 2.32. The molecule has 0 atom stereocenters. The molecule has 0 amide bonds. The lowest BCUT2D eigenvalue weighted by molar-refractivity contribution is -0.143. The first-order valence-electron chi connectivity index (χ1n) is 5.36. The van der Waals surface area contributed by atoms with Crippen molar-refractivity contribution < 1.29 is 18.7 Å². The zero-order valence-corrected chi connectivity index (χ0v) is 9.73. The first-order chi connectivity index (χ1) is 7.99. The Hall–Kier alpha value is -1.16. The first kappa shape index (κ1) is 12.3. The summed E-state index contributed by atoms with van der Waals surface area (Å²) in [5.74, 6) is -3.25. The van der Waals surface area contributed by atoms with Gasteiger partial charge in [-0.15, -0.1) is 0 Å². The van der Waals surface area contributed by atoms with Crippen LogP contribution in [0, 0.1) is 11.6 Å². The Balaban J connectivity index is 2.59. The predicted octanol–water partition coefficient (Wildman–Crippen LogP) is 3.51. The maximum absolute atomic E-state index is 13.4. The van der Waals surface area contributed by atoms with Gasteiger partial charge in [-0.25, -0.2) is 8.78 Å². The smallest absolute Gasteiger partial charge is 0.314 e. The van der Waals surface area contributed by atoms with Crippen LogP contribution in [0.2, 0.25) is 5.02 Å². The van der Waals surface area contributed by atoms with E-state index in [2.05, 4.69) is 0 Å². The normalized spacial score (nSPS) is 18.3. The number of carbonyl (C=O) groups is 1. The molecule has 0 heterocycles. The molecular weight excluding hydrogens is 250 g/mol. The largest absolute Gasteiger partial charge is 0.481 e. The molecule has 1 saturated carbocycles. The number of hydrogen-bond acceptors (Lipinski definition) is 1. The average Bonchev–Trinajstić information content (AvgIpc) is 2.76. The van der Waals surface area contributed by atoms with Gasteiger partial charge >= 0.3 is 5.97 Å². The number of carboxylic acids is 1. The molecule has 0 spiro atoms. The van der Waals surface area contributed by atoms with Crippen LogP contribution in [0.5, 0.6) is 0 Å². The summed E-state index contributed by atoms with van der Waals surface area (Å²) in [5.41, 5.74) is -0.978. The molecule has 92 valence electrons. The lowest BCUT2D eigenvalue weighted by Gasteiger charge is -2.25. The summed E-state index contributed by atoms with van der Waals surface area (Å²) < 4.78 is 26.3. The Kier molecular flexibility index (Phi) is 3.08. The van der Waals surface area contributed by atoms with Crippen LogP contribution >= 0.6 is 11.6 Å². The molecule has 1 aliphatic rings. The van der Waals surface area contributed by atoms with Crippen molar-refractivity contribution in [2.45, 2.75) is 31.1 Å². The molecule has 1 aromatic rings. The lowest BCUT2D eigenvalue weighted by Crippen LogP contribution is -2.33. The Labute approximate surface area is 102 Å². The fourth-order valence-corrected chi connectivity index (χ4v) is 2.81. The fraction of sp³-hybridized carbons (Fsp3) is 0.417. The molecule has 0 unspecified atom stereocenters. The fourth-order valence-electron chi connectivity index (χ4n) is 2.47. The van der Waals surface area contributed by atoms with Crippen molar-refractivity contribution in [3.05, 3.63) is 34.4 Å². The molecular formula is C12H11ClF2O2. The molecule has 2 nitrogen and oxygen atoms in total. The van der Waals surface area contributed by atoms with Crippen LogP contribution < -0.4 is 0 Å². The highest BCUT2D eigenvalue weighted by molar-refractivity contribution is 6.32. The molecule has 1 aliphatic carbocycles. The first-order valence-corrected chi connectivity index (χ1v) is 5.74. The number of hydrogen-bond donors (Lipinski definition) is 1. The summed E-state index contributed by atoms with van der Waals surface area (Å²) in [6.45, 7) is 0. The molecule has 0 bridgehead atoms. The molecule has 5 heteroatoms. The van der Waals surface area contributed by atoms with E-state index in [0.717, 1.165) is 18.9 Å². The van der Waals surface area contributed by atoms with Gasteiger partial charge in [-0.3, -0.25) is 4.79 Å². The van der Waals surface area contributed by atoms with Crippen molar-refractivity contribution in [2.75, 3.05) is 0 Å². The molecule has 1 fully saturated rings. The summed E-state index contributed by atoms with van der Waals surface area (Å²) in [5, 5.41) is 8.92. The van der Waals surface area contributed by atoms with Gasteiger partial charge in [-0.2, -0.15) is 0 Å². The Morgan fingerprint density at radius 2 is 1.88 bits per heavy atom. The third-order valence-electron chi connectivity index (χ3n) is 3.42. The van der Waals surface area contributed by atoms with Gasteiger partial charge in [-0.05, 0) is 24.5 Å². The van der Waals surface area contributed by atoms with Crippen molar-refractivity contribution >= 4 is 17.6 Å². The minimum absolute atomic E-state index is 0.183. The quantitative estimate of drug-likeness (QED) is 0.826. The second-order valence-corrected chi connectivity index (χ2v) is 4.70. The minimum Gasteiger partial charge on any atom is -0.481 e. The molecule has 1 aromatic carbocycles. The topological polar surface area (TPSA) is 37.3 Å². The predicted molar refractivity (Wildman–Crippen MR) is 59.1 cm³/mol. The van der Waals surface area contributed by atoms with Crippen LogP contribution in [0.15, 0.2) is 12.1 Å². The van der Waals surface area contributed by atoms with Crippen molar-refractivity contribution in [3.63, 3.8) is 0 Å². The van der Waals surface area contributed by atoms with Gasteiger partial charge in [0.25, 0.3) is 0 Å². The average molecular weight is 261 g/mol. The van der Waals surface area contributed by atoms with Gasteiger partial charge < -0.3 is 5.11 Å². The molecule has 0 saturated heterocycles. The Bertz CT molecular complexity index is 468. The Morgan fingerprint density at radius 1 is 1.29 bits per heavy atom. The molecule has 2 rings (SSSR count). The maximum atomic E-state index is 13.4. The molecule has 1 N–H and O–H groups in total. The number of benzene rings is 1. The number of carboxylic acid groups (broad SMARTS) is 1. The molecule has 0 aromatic heterocycles. The second kappa shape index (κ2) is 4.26. The van der Waals surface area contributed by atoms with Crippen LogP contribution in [-0.4, -0.2) is 11.1 Å². The van der Waals surface area contributed by atoms with Crippen LogP contribution in [0.3, 0.4) is 0 Å². The zero-order valence-electron chi connectivity index (χ0n) is 8.97. The van der Waals surface area contributed by atoms with E-state index in [9.17, 15) is 18.7 Å².